The fraction of sp³-hybridized carbons (Fsp3) is 0.294. The van der Waals surface area contributed by atoms with Crippen LogP contribution in [-0.2, 0) is 11.4 Å². The Morgan fingerprint density at radius 3 is 2.88 bits per heavy atom. The van der Waals surface area contributed by atoms with Gasteiger partial charge in [-0.25, -0.2) is 9.18 Å². The minimum absolute atomic E-state index is 0.159. The van der Waals surface area contributed by atoms with Crippen LogP contribution in [0.1, 0.15) is 11.7 Å². The van der Waals surface area contributed by atoms with E-state index in [-0.39, 0.29) is 11.9 Å². The number of hydrogen-bond donors (Lipinski definition) is 0. The van der Waals surface area contributed by atoms with Gasteiger partial charge in [-0.1, -0.05) is 18.2 Å². The van der Waals surface area contributed by atoms with E-state index in [1.807, 2.05) is 17.5 Å². The van der Waals surface area contributed by atoms with Gasteiger partial charge in [0.25, 0.3) is 5.89 Å². The van der Waals surface area contributed by atoms with E-state index in [9.17, 15) is 9.18 Å². The monoisotopic (exact) mass is 361 g/mol. The molecule has 0 radical (unpaired) electrons. The molecule has 3 heterocycles. The van der Waals surface area contributed by atoms with Gasteiger partial charge in [-0.05, 0) is 29.1 Å². The van der Waals surface area contributed by atoms with Gasteiger partial charge in [0.05, 0.1) is 17.6 Å². The Balaban J connectivity index is 1.47. The number of thiophene rings is 1. The highest BCUT2D eigenvalue weighted by Crippen LogP contribution is 2.23. The summed E-state index contributed by atoms with van der Waals surface area (Å²) >= 11 is 1.47. The first-order valence-electron chi connectivity index (χ1n) is 7.90. The number of hydrogen-bond acceptors (Lipinski definition) is 6. The molecule has 1 saturated heterocycles. The highest BCUT2D eigenvalue weighted by molar-refractivity contribution is 7.13. The molecule has 1 aliphatic heterocycles. The van der Waals surface area contributed by atoms with Crippen LogP contribution in [0.5, 0.6) is 0 Å². The molecular formula is C17H16FN3O3S. The van der Waals surface area contributed by atoms with E-state index in [4.69, 9.17) is 9.15 Å². The number of morpholine rings is 1. The number of nitrogens with zero attached hydrogens (tertiary/aromatic N) is 3. The Morgan fingerprint density at radius 2 is 2.12 bits per heavy atom. The van der Waals surface area contributed by atoms with Crippen molar-refractivity contribution in [3.05, 3.63) is 63.7 Å². The molecule has 0 bridgehead atoms. The zero-order valence-corrected chi connectivity index (χ0v) is 14.1. The van der Waals surface area contributed by atoms with Crippen molar-refractivity contribution in [3.8, 4) is 10.8 Å². The smallest absolute Gasteiger partial charge is 0.387 e. The van der Waals surface area contributed by atoms with Crippen LogP contribution in [-0.4, -0.2) is 34.4 Å². The van der Waals surface area contributed by atoms with E-state index < -0.39 is 5.76 Å². The van der Waals surface area contributed by atoms with Gasteiger partial charge in [-0.2, -0.15) is 4.68 Å². The second kappa shape index (κ2) is 6.91. The van der Waals surface area contributed by atoms with Gasteiger partial charge in [0.2, 0.25) is 0 Å². The zero-order valence-electron chi connectivity index (χ0n) is 13.3. The SMILES string of the molecule is O=c1oc(-c2cccs2)nn1CN1CCOC(c2ccc(F)cc2)C1. The highest BCUT2D eigenvalue weighted by atomic mass is 32.1. The molecule has 1 atom stereocenters. The van der Waals surface area contributed by atoms with Crippen molar-refractivity contribution >= 4 is 11.3 Å². The maximum atomic E-state index is 13.1. The van der Waals surface area contributed by atoms with Crippen LogP contribution in [0.25, 0.3) is 10.8 Å². The number of ether oxygens (including phenoxy) is 1. The van der Waals surface area contributed by atoms with Crippen LogP contribution >= 0.6 is 11.3 Å². The maximum Gasteiger partial charge on any atom is 0.438 e. The van der Waals surface area contributed by atoms with E-state index in [0.717, 1.165) is 10.4 Å². The van der Waals surface area contributed by atoms with Gasteiger partial charge >= 0.3 is 5.76 Å². The first kappa shape index (κ1) is 16.2. The van der Waals surface area contributed by atoms with Gasteiger partial charge in [-0.15, -0.1) is 16.4 Å². The molecule has 0 amide bonds. The number of rotatable bonds is 4. The lowest BCUT2D eigenvalue weighted by Crippen LogP contribution is -2.41. The van der Waals surface area contributed by atoms with Crippen LogP contribution < -0.4 is 5.76 Å². The lowest BCUT2D eigenvalue weighted by Gasteiger charge is -2.32. The summed E-state index contributed by atoms with van der Waals surface area (Å²) in [7, 11) is 0. The third kappa shape index (κ3) is 3.55. The molecule has 1 aliphatic rings. The Morgan fingerprint density at radius 1 is 1.28 bits per heavy atom. The molecule has 0 saturated carbocycles. The van der Waals surface area contributed by atoms with E-state index in [1.165, 1.54) is 28.2 Å². The predicted octanol–water partition coefficient (Wildman–Crippen LogP) is 2.73. The number of halogens is 1. The molecular weight excluding hydrogens is 345 g/mol. The standard InChI is InChI=1S/C17H16FN3O3S/c18-13-5-3-12(4-6-13)14-10-20(7-8-23-14)11-21-17(22)24-16(19-21)15-2-1-9-25-15/h1-6,9,14H,7-8,10-11H2. The average molecular weight is 361 g/mol. The topological polar surface area (TPSA) is 60.5 Å². The Labute approximate surface area is 147 Å². The van der Waals surface area contributed by atoms with Crippen molar-refractivity contribution < 1.29 is 13.5 Å². The van der Waals surface area contributed by atoms with Crippen LogP contribution in [0.3, 0.4) is 0 Å². The minimum atomic E-state index is -0.478. The Kier molecular flexibility index (Phi) is 4.48. The first-order valence-corrected chi connectivity index (χ1v) is 8.78. The first-order chi connectivity index (χ1) is 12.2. The Bertz CT molecular complexity index is 889. The fourth-order valence-electron chi connectivity index (χ4n) is 2.79. The maximum absolute atomic E-state index is 13.1. The van der Waals surface area contributed by atoms with Crippen LogP contribution in [0.2, 0.25) is 0 Å². The summed E-state index contributed by atoms with van der Waals surface area (Å²) in [6.45, 7) is 2.14. The third-order valence-electron chi connectivity index (χ3n) is 4.06. The van der Waals surface area contributed by atoms with Gasteiger partial charge in [0, 0.05) is 13.1 Å². The average Bonchev–Trinajstić information content (AvgIpc) is 3.26. The van der Waals surface area contributed by atoms with Crippen molar-refractivity contribution in [1.82, 2.24) is 14.7 Å². The lowest BCUT2D eigenvalue weighted by molar-refractivity contribution is -0.0423. The molecule has 8 heteroatoms. The normalized spacial score (nSPS) is 18.5. The van der Waals surface area contributed by atoms with Gasteiger partial charge < -0.3 is 9.15 Å². The molecule has 1 fully saturated rings. The summed E-state index contributed by atoms with van der Waals surface area (Å²) in [4.78, 5) is 14.9. The van der Waals surface area contributed by atoms with Crippen LogP contribution in [0, 0.1) is 5.82 Å². The zero-order chi connectivity index (χ0) is 17.2. The molecule has 25 heavy (non-hydrogen) atoms. The summed E-state index contributed by atoms with van der Waals surface area (Å²) in [5.41, 5.74) is 0.915. The van der Waals surface area contributed by atoms with Crippen LogP contribution in [0.15, 0.2) is 51.0 Å². The van der Waals surface area contributed by atoms with Gasteiger partial charge in [0.1, 0.15) is 12.5 Å². The molecule has 6 nitrogen and oxygen atoms in total. The summed E-state index contributed by atoms with van der Waals surface area (Å²) < 4.78 is 25.4. The van der Waals surface area contributed by atoms with Gasteiger partial charge in [-0.3, -0.25) is 4.90 Å². The van der Waals surface area contributed by atoms with E-state index in [0.29, 0.717) is 32.3 Å². The molecule has 0 aliphatic carbocycles. The summed E-state index contributed by atoms with van der Waals surface area (Å²) in [6.07, 6.45) is -0.159. The predicted molar refractivity (Wildman–Crippen MR) is 90.7 cm³/mol. The van der Waals surface area contributed by atoms with Crippen molar-refractivity contribution in [2.75, 3.05) is 19.7 Å². The largest absolute Gasteiger partial charge is 0.438 e. The summed E-state index contributed by atoms with van der Waals surface area (Å²) in [6, 6.07) is 10.0. The summed E-state index contributed by atoms with van der Waals surface area (Å²) in [5.74, 6) is -0.414. The molecule has 0 spiro atoms. The van der Waals surface area contributed by atoms with Crippen LogP contribution in [0.4, 0.5) is 4.39 Å². The molecule has 2 aromatic heterocycles. The number of aromatic nitrogens is 2. The van der Waals surface area contributed by atoms with Gasteiger partial charge in [0.15, 0.2) is 0 Å². The Hall–Kier alpha value is -2.29. The van der Waals surface area contributed by atoms with E-state index in [1.54, 1.807) is 12.1 Å². The van der Waals surface area contributed by atoms with Crippen molar-refractivity contribution in [2.45, 2.75) is 12.8 Å². The third-order valence-corrected chi connectivity index (χ3v) is 4.92. The molecule has 4 rings (SSSR count). The minimum Gasteiger partial charge on any atom is -0.387 e. The molecule has 1 unspecified atom stereocenters. The lowest BCUT2D eigenvalue weighted by atomic mass is 10.1. The van der Waals surface area contributed by atoms with Crippen molar-refractivity contribution in [2.24, 2.45) is 0 Å². The molecule has 0 N–H and O–H groups in total. The second-order valence-electron chi connectivity index (χ2n) is 5.78. The van der Waals surface area contributed by atoms with Crippen molar-refractivity contribution in [1.29, 1.82) is 0 Å². The van der Waals surface area contributed by atoms with E-state index in [2.05, 4.69) is 10.00 Å². The fourth-order valence-corrected chi connectivity index (χ4v) is 3.44. The van der Waals surface area contributed by atoms with E-state index >= 15 is 0 Å². The number of benzene rings is 1. The molecule has 3 aromatic rings. The second-order valence-corrected chi connectivity index (χ2v) is 6.73. The molecule has 130 valence electrons. The quantitative estimate of drug-likeness (QED) is 0.715. The highest BCUT2D eigenvalue weighted by Gasteiger charge is 2.23. The summed E-state index contributed by atoms with van der Waals surface area (Å²) in [5, 5.41) is 6.18. The van der Waals surface area contributed by atoms with Crippen molar-refractivity contribution in [3.63, 3.8) is 0 Å². The molecule has 1 aromatic carbocycles.